The molecule has 0 bridgehead atoms. The highest BCUT2D eigenvalue weighted by Gasteiger charge is 2.56. The molecule has 3 N–H and O–H groups in total. The van der Waals surface area contributed by atoms with Crippen molar-refractivity contribution in [2.45, 2.75) is 49.3 Å². The number of ether oxygens (including phenoxy) is 1. The first kappa shape index (κ1) is 23.9. The normalized spacial score (nSPS) is 27.5. The molecule has 34 heavy (non-hydrogen) atoms. The lowest BCUT2D eigenvalue weighted by atomic mass is 9.85. The monoisotopic (exact) mass is 496 g/mol. The molecule has 4 rings (SSSR count). The maximum atomic E-state index is 15.1. The molecule has 1 amide bonds. The van der Waals surface area contributed by atoms with Gasteiger partial charge in [-0.15, -0.1) is 0 Å². The Kier molecular flexibility index (Phi) is 5.78. The lowest BCUT2D eigenvalue weighted by molar-refractivity contribution is -0.0531. The molecule has 2 aliphatic rings. The highest BCUT2D eigenvalue weighted by molar-refractivity contribution is 7.96. The van der Waals surface area contributed by atoms with Crippen LogP contribution in [0.3, 0.4) is 0 Å². The summed E-state index contributed by atoms with van der Waals surface area (Å²) in [6.45, 7) is 2.39. The van der Waals surface area contributed by atoms with Gasteiger partial charge in [-0.3, -0.25) is 9.79 Å². The van der Waals surface area contributed by atoms with Crippen LogP contribution in [0.15, 0.2) is 39.9 Å². The summed E-state index contributed by atoms with van der Waals surface area (Å²) in [6, 6.07) is 3.92. The Labute approximate surface area is 194 Å². The van der Waals surface area contributed by atoms with Gasteiger partial charge in [-0.25, -0.2) is 22.9 Å². The topological polar surface area (TPSA) is 132 Å². The second-order valence-corrected chi connectivity index (χ2v) is 11.6. The number of carbonyl (C=O) groups excluding carboxylic acids is 1. The van der Waals surface area contributed by atoms with E-state index in [9.17, 15) is 17.8 Å². The van der Waals surface area contributed by atoms with Gasteiger partial charge in [0.15, 0.2) is 0 Å². The molecule has 182 valence electrons. The van der Waals surface area contributed by atoms with Gasteiger partial charge in [0.05, 0.1) is 27.4 Å². The van der Waals surface area contributed by atoms with Gasteiger partial charge in [0.25, 0.3) is 5.91 Å². The number of benzene rings is 1. The molecular weight excluding hydrogens is 473 g/mol. The molecule has 0 fully saturated rings. The number of aromatic nitrogens is 2. The van der Waals surface area contributed by atoms with Gasteiger partial charge in [0, 0.05) is 17.8 Å². The van der Waals surface area contributed by atoms with E-state index in [1.54, 1.807) is 20.8 Å². The summed E-state index contributed by atoms with van der Waals surface area (Å²) in [5.41, 5.74) is 5.10. The first-order chi connectivity index (χ1) is 15.9. The molecule has 2 aliphatic heterocycles. The first-order valence-electron chi connectivity index (χ1n) is 10.3. The number of nitrogens with two attached hydrogens (primary N) is 1. The average Bonchev–Trinajstić information content (AvgIpc) is 3.18. The number of fused-ring (bicyclic) bond motifs is 1. The fourth-order valence-electron chi connectivity index (χ4n) is 4.28. The van der Waals surface area contributed by atoms with Crippen LogP contribution in [0.25, 0.3) is 0 Å². The van der Waals surface area contributed by atoms with Crippen molar-refractivity contribution < 1.29 is 26.9 Å². The van der Waals surface area contributed by atoms with Gasteiger partial charge in [0.2, 0.25) is 5.88 Å². The number of amides is 1. The molecule has 1 aromatic heterocycles. The number of nitrogens with one attached hydrogen (secondary N) is 1. The van der Waals surface area contributed by atoms with Crippen molar-refractivity contribution in [1.29, 1.82) is 0 Å². The van der Waals surface area contributed by atoms with Crippen LogP contribution < -0.4 is 15.8 Å². The van der Waals surface area contributed by atoms with Crippen LogP contribution in [0.5, 0.6) is 5.88 Å². The minimum atomic E-state index is -3.07. The maximum absolute atomic E-state index is 15.1. The molecular formula is C21H23F3N6O3S. The third-order valence-corrected chi connectivity index (χ3v) is 9.93. The molecule has 0 spiro atoms. The number of hydrogen-bond acceptors (Lipinski definition) is 8. The van der Waals surface area contributed by atoms with Gasteiger partial charge in [-0.05, 0) is 45.4 Å². The molecule has 9 nitrogen and oxygen atoms in total. The Morgan fingerprint density at radius 2 is 2.00 bits per heavy atom. The third kappa shape index (κ3) is 3.77. The van der Waals surface area contributed by atoms with Gasteiger partial charge in [0.1, 0.15) is 27.6 Å². The quantitative estimate of drug-likeness (QED) is 0.654. The number of nitrogens with zero attached hydrogens (tertiary/aromatic N) is 4. The highest BCUT2D eigenvalue weighted by Crippen LogP contribution is 2.48. The van der Waals surface area contributed by atoms with E-state index in [1.165, 1.54) is 18.2 Å². The van der Waals surface area contributed by atoms with E-state index in [1.807, 2.05) is 0 Å². The van der Waals surface area contributed by atoms with Crippen molar-refractivity contribution in [2.75, 3.05) is 11.9 Å². The molecule has 0 aliphatic carbocycles. The largest absolute Gasteiger partial charge is 0.415 e. The maximum Gasteiger partial charge on any atom is 0.388 e. The molecule has 3 heterocycles. The Hall–Kier alpha value is -3.22. The highest BCUT2D eigenvalue weighted by atomic mass is 32.2. The summed E-state index contributed by atoms with van der Waals surface area (Å²) in [7, 11) is -2.86. The van der Waals surface area contributed by atoms with Crippen LogP contribution in [0.2, 0.25) is 0 Å². The summed E-state index contributed by atoms with van der Waals surface area (Å²) < 4.78 is 61.0. The van der Waals surface area contributed by atoms with E-state index in [0.29, 0.717) is 13.0 Å². The van der Waals surface area contributed by atoms with Gasteiger partial charge in [-0.2, -0.15) is 8.78 Å². The van der Waals surface area contributed by atoms with Crippen LogP contribution >= 0.6 is 0 Å². The number of amidine groups is 1. The first-order valence-corrected chi connectivity index (χ1v) is 11.9. The number of carbonyl (C=O) groups is 1. The second-order valence-electron chi connectivity index (χ2n) is 8.62. The van der Waals surface area contributed by atoms with E-state index in [-0.39, 0.29) is 22.8 Å². The third-order valence-electron chi connectivity index (χ3n) is 6.23. The van der Waals surface area contributed by atoms with Crippen molar-refractivity contribution in [3.8, 4) is 5.88 Å². The number of rotatable bonds is 5. The molecule has 1 unspecified atom stereocenters. The Morgan fingerprint density at radius 1 is 1.26 bits per heavy atom. The number of hydrogen-bond donors (Lipinski definition) is 2. The second kappa shape index (κ2) is 8.22. The smallest absolute Gasteiger partial charge is 0.388 e. The zero-order valence-electron chi connectivity index (χ0n) is 18.6. The Balaban J connectivity index is 1.67. The summed E-state index contributed by atoms with van der Waals surface area (Å²) in [6.07, 6.45) is 2.32. The molecule has 0 saturated carbocycles. The summed E-state index contributed by atoms with van der Waals surface area (Å²) in [5.74, 6) is -1.62. The van der Waals surface area contributed by atoms with Crippen molar-refractivity contribution in [1.82, 2.24) is 9.97 Å². The van der Waals surface area contributed by atoms with Crippen LogP contribution in [0.1, 0.15) is 43.2 Å². The molecule has 3 atom stereocenters. The Morgan fingerprint density at radius 3 is 2.65 bits per heavy atom. The average molecular weight is 497 g/mol. The van der Waals surface area contributed by atoms with Crippen LogP contribution in [0.4, 0.5) is 18.9 Å². The van der Waals surface area contributed by atoms with E-state index in [0.717, 1.165) is 12.4 Å². The van der Waals surface area contributed by atoms with Crippen LogP contribution in [0, 0.1) is 5.82 Å². The Bertz CT molecular complexity index is 1290. The fourth-order valence-corrected chi connectivity index (χ4v) is 7.44. The summed E-state index contributed by atoms with van der Waals surface area (Å²) in [5, 5.41) is 1.99. The lowest BCUT2D eigenvalue weighted by Crippen LogP contribution is -2.58. The van der Waals surface area contributed by atoms with Gasteiger partial charge >= 0.3 is 6.61 Å². The predicted molar refractivity (Wildman–Crippen MR) is 120 cm³/mol. The SMILES string of the molecule is CC1(C)C(N)=N[C@](C)(c2cc(NC(=O)c3cnc(OC(F)F)cn3)ccc2F)[C@@H]2CCN=S21=O. The zero-order chi connectivity index (χ0) is 24.9. The van der Waals surface area contributed by atoms with Crippen molar-refractivity contribution in [2.24, 2.45) is 15.1 Å². The van der Waals surface area contributed by atoms with Crippen LogP contribution in [-0.2, 0) is 15.3 Å². The molecule has 1 aromatic carbocycles. The molecule has 2 aromatic rings. The number of aliphatic imine (C=N–C) groups is 1. The van der Waals surface area contributed by atoms with Gasteiger partial charge < -0.3 is 15.8 Å². The summed E-state index contributed by atoms with van der Waals surface area (Å²) >= 11 is 0. The minimum absolute atomic E-state index is 0.116. The summed E-state index contributed by atoms with van der Waals surface area (Å²) in [4.78, 5) is 24.5. The van der Waals surface area contributed by atoms with E-state index < -0.39 is 49.5 Å². The van der Waals surface area contributed by atoms with Crippen LogP contribution in [-0.4, -0.2) is 49.1 Å². The molecule has 13 heteroatoms. The standard InChI is InChI=1S/C21H23F3N6O3S/c1-20(2)18(25)30-21(3,15-6-7-28-34(15,20)32)12-8-11(4-5-13(12)22)29-17(31)14-9-27-16(10-26-14)33-19(23)24/h4-5,8-10,15,19H,6-7H2,1-3H3,(H2,25,30)(H,29,31)/t15-,21+,34?/m0/s1. The van der Waals surface area contributed by atoms with Crippen molar-refractivity contribution >= 4 is 27.2 Å². The fraction of sp³-hybridized carbons (Fsp3) is 0.429. The predicted octanol–water partition coefficient (Wildman–Crippen LogP) is 3.07. The van der Waals surface area contributed by atoms with E-state index >= 15 is 4.39 Å². The van der Waals surface area contributed by atoms with Crippen molar-refractivity contribution in [3.05, 3.63) is 47.7 Å². The number of halogens is 3. The van der Waals surface area contributed by atoms with Crippen molar-refractivity contribution in [3.63, 3.8) is 0 Å². The van der Waals surface area contributed by atoms with E-state index in [4.69, 9.17) is 5.73 Å². The minimum Gasteiger partial charge on any atom is -0.415 e. The van der Waals surface area contributed by atoms with Gasteiger partial charge in [-0.1, -0.05) is 0 Å². The number of alkyl halides is 2. The van der Waals surface area contributed by atoms with E-state index in [2.05, 4.69) is 29.4 Å². The molecule has 0 radical (unpaired) electrons. The lowest BCUT2D eigenvalue weighted by Gasteiger charge is -2.44. The molecule has 0 saturated heterocycles. The zero-order valence-corrected chi connectivity index (χ0v) is 19.4. The number of anilines is 1.